The highest BCUT2D eigenvalue weighted by Gasteiger charge is 2.43. The third-order valence-corrected chi connectivity index (χ3v) is 5.20. The predicted octanol–water partition coefficient (Wildman–Crippen LogP) is 2.68. The van der Waals surface area contributed by atoms with E-state index in [0.717, 1.165) is 44.7 Å². The van der Waals surface area contributed by atoms with Crippen molar-refractivity contribution in [3.05, 3.63) is 35.4 Å². The molecule has 0 spiro atoms. The largest absolute Gasteiger partial charge is 0.333 e. The van der Waals surface area contributed by atoms with Gasteiger partial charge < -0.3 is 10.6 Å². The maximum atomic E-state index is 13.0. The maximum Gasteiger partial charge on any atom is 0.230 e. The molecule has 0 bridgehead atoms. The van der Waals surface area contributed by atoms with Gasteiger partial charge in [-0.25, -0.2) is 0 Å². The topological polar surface area (TPSA) is 46.3 Å². The van der Waals surface area contributed by atoms with Gasteiger partial charge in [-0.3, -0.25) is 4.79 Å². The molecule has 0 saturated heterocycles. The van der Waals surface area contributed by atoms with Crippen molar-refractivity contribution in [1.82, 2.24) is 4.90 Å². The average Bonchev–Trinajstić information content (AvgIpc) is 2.91. The molecule has 1 amide bonds. The van der Waals surface area contributed by atoms with Gasteiger partial charge >= 0.3 is 0 Å². The van der Waals surface area contributed by atoms with Crippen molar-refractivity contribution in [1.29, 1.82) is 0 Å². The number of nitrogens with zero attached hydrogens (tertiary/aromatic N) is 1. The number of rotatable bonds is 2. The van der Waals surface area contributed by atoms with Crippen LogP contribution in [0, 0.1) is 11.3 Å². The van der Waals surface area contributed by atoms with Gasteiger partial charge in [-0.2, -0.15) is 0 Å². The first-order valence-electron chi connectivity index (χ1n) is 7.71. The van der Waals surface area contributed by atoms with Crippen LogP contribution in [0.4, 0.5) is 0 Å². The smallest absolute Gasteiger partial charge is 0.230 e. The lowest BCUT2D eigenvalue weighted by Gasteiger charge is -2.39. The van der Waals surface area contributed by atoms with E-state index < -0.39 is 0 Å². The van der Waals surface area contributed by atoms with Gasteiger partial charge in [0.05, 0.1) is 5.41 Å². The Morgan fingerprint density at radius 2 is 1.80 bits per heavy atom. The van der Waals surface area contributed by atoms with Crippen LogP contribution in [0.15, 0.2) is 24.3 Å². The summed E-state index contributed by atoms with van der Waals surface area (Å²) in [5, 5.41) is 0. The van der Waals surface area contributed by atoms with Crippen molar-refractivity contribution in [3.63, 3.8) is 0 Å². The van der Waals surface area contributed by atoms with E-state index >= 15 is 0 Å². The number of fused-ring (bicyclic) bond motifs is 1. The number of carbonyl (C=O) groups excluding carboxylic acids is 1. The summed E-state index contributed by atoms with van der Waals surface area (Å²) in [6.45, 7) is 4.28. The summed E-state index contributed by atoms with van der Waals surface area (Å²) in [6, 6.07) is 8.35. The molecule has 1 heterocycles. The number of hydrogen-bond donors (Lipinski definition) is 1. The van der Waals surface area contributed by atoms with Gasteiger partial charge in [0.2, 0.25) is 5.91 Å². The van der Waals surface area contributed by atoms with Crippen LogP contribution in [0.25, 0.3) is 0 Å². The molecule has 3 rings (SSSR count). The van der Waals surface area contributed by atoms with Crippen LogP contribution in [0.2, 0.25) is 0 Å². The molecule has 1 aliphatic heterocycles. The van der Waals surface area contributed by atoms with Crippen LogP contribution in [-0.2, 0) is 17.9 Å². The van der Waals surface area contributed by atoms with Crippen molar-refractivity contribution in [2.75, 3.05) is 6.54 Å². The quantitative estimate of drug-likeness (QED) is 0.899. The molecule has 20 heavy (non-hydrogen) atoms. The van der Waals surface area contributed by atoms with Gasteiger partial charge in [-0.1, -0.05) is 31.2 Å². The molecule has 0 atom stereocenters. The molecule has 2 aliphatic rings. The van der Waals surface area contributed by atoms with E-state index in [0.29, 0.717) is 6.54 Å². The van der Waals surface area contributed by atoms with Crippen molar-refractivity contribution in [3.8, 4) is 0 Å². The Labute approximate surface area is 121 Å². The van der Waals surface area contributed by atoms with Crippen molar-refractivity contribution in [2.24, 2.45) is 17.1 Å². The fourth-order valence-corrected chi connectivity index (χ4v) is 3.63. The molecule has 3 heteroatoms. The van der Waals surface area contributed by atoms with E-state index in [-0.39, 0.29) is 11.3 Å². The molecule has 1 saturated carbocycles. The minimum absolute atomic E-state index is 0.281. The molecule has 1 aromatic rings. The Bertz CT molecular complexity index is 478. The van der Waals surface area contributed by atoms with E-state index in [1.165, 1.54) is 11.1 Å². The van der Waals surface area contributed by atoms with Gasteiger partial charge in [-0.15, -0.1) is 0 Å². The molecule has 0 aromatic heterocycles. The second-order valence-corrected chi connectivity index (χ2v) is 6.60. The minimum Gasteiger partial charge on any atom is -0.333 e. The molecule has 1 fully saturated rings. The zero-order valence-electron chi connectivity index (χ0n) is 12.3. The Morgan fingerprint density at radius 1 is 1.25 bits per heavy atom. The van der Waals surface area contributed by atoms with Gasteiger partial charge in [-0.05, 0) is 42.7 Å². The molecule has 3 nitrogen and oxygen atoms in total. The van der Waals surface area contributed by atoms with Gasteiger partial charge in [0.25, 0.3) is 0 Å². The SMILES string of the molecule is CC1CCC(CN)(C(=O)N2Cc3ccccc3C2)CC1. The average molecular weight is 272 g/mol. The Hall–Kier alpha value is -1.35. The molecule has 0 unspecified atom stereocenters. The van der Waals surface area contributed by atoms with Crippen LogP contribution in [0.1, 0.15) is 43.7 Å². The molecular formula is C17H24N2O. The van der Waals surface area contributed by atoms with E-state index in [1.807, 2.05) is 17.0 Å². The summed E-state index contributed by atoms with van der Waals surface area (Å²) in [6.07, 6.45) is 4.17. The van der Waals surface area contributed by atoms with Crippen LogP contribution in [0.5, 0.6) is 0 Å². The summed E-state index contributed by atoms with van der Waals surface area (Å²) in [5.41, 5.74) is 8.29. The number of carbonyl (C=O) groups is 1. The third-order valence-electron chi connectivity index (χ3n) is 5.20. The first-order chi connectivity index (χ1) is 9.64. The second kappa shape index (κ2) is 5.21. The van der Waals surface area contributed by atoms with Crippen LogP contribution in [-0.4, -0.2) is 17.4 Å². The summed E-state index contributed by atoms with van der Waals surface area (Å²) >= 11 is 0. The molecule has 1 aliphatic carbocycles. The highest BCUT2D eigenvalue weighted by atomic mass is 16.2. The summed E-state index contributed by atoms with van der Waals surface area (Å²) in [5.74, 6) is 1.02. The van der Waals surface area contributed by atoms with Crippen LogP contribution >= 0.6 is 0 Å². The number of nitrogens with two attached hydrogens (primary N) is 1. The molecule has 108 valence electrons. The summed E-state index contributed by atoms with van der Waals surface area (Å²) in [7, 11) is 0. The Morgan fingerprint density at radius 3 is 2.30 bits per heavy atom. The van der Waals surface area contributed by atoms with E-state index in [4.69, 9.17) is 5.73 Å². The van der Waals surface area contributed by atoms with Gasteiger partial charge in [0.1, 0.15) is 0 Å². The molecule has 2 N–H and O–H groups in total. The number of amides is 1. The Balaban J connectivity index is 1.76. The Kier molecular flexibility index (Phi) is 3.55. The van der Waals surface area contributed by atoms with Crippen molar-refractivity contribution < 1.29 is 4.79 Å². The lowest BCUT2D eigenvalue weighted by atomic mass is 9.70. The monoisotopic (exact) mass is 272 g/mol. The highest BCUT2D eigenvalue weighted by molar-refractivity contribution is 5.83. The summed E-state index contributed by atoms with van der Waals surface area (Å²) < 4.78 is 0. The standard InChI is InChI=1S/C17H24N2O/c1-13-6-8-17(12-18,9-7-13)16(20)19-10-14-4-2-3-5-15(14)11-19/h2-5,13H,6-12,18H2,1H3. The van der Waals surface area contributed by atoms with Crippen LogP contribution in [0.3, 0.4) is 0 Å². The lowest BCUT2D eigenvalue weighted by Crippen LogP contribution is -2.48. The highest BCUT2D eigenvalue weighted by Crippen LogP contribution is 2.41. The number of hydrogen-bond acceptors (Lipinski definition) is 2. The molecule has 0 radical (unpaired) electrons. The van der Waals surface area contributed by atoms with Crippen LogP contribution < -0.4 is 5.73 Å². The zero-order chi connectivity index (χ0) is 14.2. The minimum atomic E-state index is -0.297. The van der Waals surface area contributed by atoms with E-state index in [1.54, 1.807) is 0 Å². The number of benzene rings is 1. The first kappa shape index (κ1) is 13.6. The fraction of sp³-hybridized carbons (Fsp3) is 0.588. The second-order valence-electron chi connectivity index (χ2n) is 6.60. The van der Waals surface area contributed by atoms with E-state index in [2.05, 4.69) is 19.1 Å². The van der Waals surface area contributed by atoms with Crippen molar-refractivity contribution >= 4 is 5.91 Å². The zero-order valence-corrected chi connectivity index (χ0v) is 12.3. The third kappa shape index (κ3) is 2.24. The van der Waals surface area contributed by atoms with Gasteiger partial charge in [0, 0.05) is 19.6 Å². The van der Waals surface area contributed by atoms with Crippen molar-refractivity contribution in [2.45, 2.75) is 45.7 Å². The molecule has 1 aromatic carbocycles. The molecular weight excluding hydrogens is 248 g/mol. The fourth-order valence-electron chi connectivity index (χ4n) is 3.63. The summed E-state index contributed by atoms with van der Waals surface area (Å²) in [4.78, 5) is 15.0. The lowest BCUT2D eigenvalue weighted by molar-refractivity contribution is -0.144. The van der Waals surface area contributed by atoms with E-state index in [9.17, 15) is 4.79 Å². The maximum absolute atomic E-state index is 13.0. The van der Waals surface area contributed by atoms with Gasteiger partial charge in [0.15, 0.2) is 0 Å². The first-order valence-corrected chi connectivity index (χ1v) is 7.71. The predicted molar refractivity (Wildman–Crippen MR) is 79.8 cm³/mol. The normalized spacial score (nSPS) is 29.3.